The van der Waals surface area contributed by atoms with Gasteiger partial charge in [0.2, 0.25) is 5.88 Å². The maximum atomic E-state index is 5.96. The lowest BCUT2D eigenvalue weighted by atomic mass is 10.1. The first-order chi connectivity index (χ1) is 9.01. The van der Waals surface area contributed by atoms with Crippen molar-refractivity contribution in [3.63, 3.8) is 0 Å². The predicted molar refractivity (Wildman–Crippen MR) is 77.6 cm³/mol. The predicted octanol–water partition coefficient (Wildman–Crippen LogP) is 3.57. The van der Waals surface area contributed by atoms with E-state index < -0.39 is 0 Å². The number of benzene rings is 1. The molecule has 2 rings (SSSR count). The first kappa shape index (κ1) is 13.6. The molecule has 0 bridgehead atoms. The summed E-state index contributed by atoms with van der Waals surface area (Å²) in [6.45, 7) is 8.53. The first-order valence-electron chi connectivity index (χ1n) is 6.43. The molecule has 1 aromatic carbocycles. The molecule has 3 nitrogen and oxygen atoms in total. The molecule has 0 spiro atoms. The van der Waals surface area contributed by atoms with Crippen LogP contribution in [-0.2, 0) is 6.54 Å². The van der Waals surface area contributed by atoms with E-state index in [2.05, 4.69) is 18.0 Å². The zero-order valence-corrected chi connectivity index (χ0v) is 11.9. The lowest BCUT2D eigenvalue weighted by Crippen LogP contribution is -2.05. The third-order valence-electron chi connectivity index (χ3n) is 3.18. The molecular formula is C16H20N2O. The molecule has 1 aromatic heterocycles. The number of rotatable bonds is 3. The van der Waals surface area contributed by atoms with Crippen LogP contribution in [0.4, 0.5) is 0 Å². The van der Waals surface area contributed by atoms with Gasteiger partial charge >= 0.3 is 0 Å². The lowest BCUT2D eigenvalue weighted by Gasteiger charge is -2.14. The van der Waals surface area contributed by atoms with Crippen molar-refractivity contribution in [3.05, 3.63) is 52.2 Å². The van der Waals surface area contributed by atoms with Gasteiger partial charge in [0, 0.05) is 17.8 Å². The Bertz CT molecular complexity index is 606. The highest BCUT2D eigenvalue weighted by Crippen LogP contribution is 2.28. The van der Waals surface area contributed by atoms with Gasteiger partial charge in [0.25, 0.3) is 0 Å². The second-order valence-corrected chi connectivity index (χ2v) is 4.94. The molecule has 0 aliphatic heterocycles. The number of aromatic nitrogens is 1. The molecule has 19 heavy (non-hydrogen) atoms. The molecule has 2 N–H and O–H groups in total. The second kappa shape index (κ2) is 5.41. The zero-order valence-electron chi connectivity index (χ0n) is 11.9. The van der Waals surface area contributed by atoms with Gasteiger partial charge in [-0.2, -0.15) is 0 Å². The number of hydrogen-bond donors (Lipinski definition) is 1. The molecule has 3 heteroatoms. The lowest BCUT2D eigenvalue weighted by molar-refractivity contribution is 0.451. The monoisotopic (exact) mass is 256 g/mol. The van der Waals surface area contributed by atoms with E-state index in [0.717, 1.165) is 28.1 Å². The van der Waals surface area contributed by atoms with E-state index >= 15 is 0 Å². The van der Waals surface area contributed by atoms with E-state index in [0.29, 0.717) is 12.4 Å². The Morgan fingerprint density at radius 1 is 1.05 bits per heavy atom. The van der Waals surface area contributed by atoms with Crippen molar-refractivity contribution in [2.75, 3.05) is 0 Å². The highest BCUT2D eigenvalue weighted by molar-refractivity contribution is 5.42. The van der Waals surface area contributed by atoms with Gasteiger partial charge in [-0.05, 0) is 51.0 Å². The highest BCUT2D eigenvalue weighted by Gasteiger charge is 2.11. The minimum atomic E-state index is 0.430. The summed E-state index contributed by atoms with van der Waals surface area (Å²) in [6.07, 6.45) is 0. The van der Waals surface area contributed by atoms with Crippen LogP contribution >= 0.6 is 0 Å². The maximum Gasteiger partial charge on any atom is 0.224 e. The van der Waals surface area contributed by atoms with Gasteiger partial charge < -0.3 is 10.5 Å². The van der Waals surface area contributed by atoms with Crippen LogP contribution in [0.2, 0.25) is 0 Å². The van der Waals surface area contributed by atoms with Crippen molar-refractivity contribution in [2.45, 2.75) is 34.2 Å². The Kier molecular flexibility index (Phi) is 3.86. The number of hydrogen-bond acceptors (Lipinski definition) is 3. The minimum Gasteiger partial charge on any atom is -0.438 e. The van der Waals surface area contributed by atoms with E-state index in [-0.39, 0.29) is 0 Å². The van der Waals surface area contributed by atoms with Crippen molar-refractivity contribution in [1.82, 2.24) is 4.98 Å². The van der Waals surface area contributed by atoms with Crippen molar-refractivity contribution in [2.24, 2.45) is 5.73 Å². The molecule has 0 unspecified atom stereocenters. The Balaban J connectivity index is 2.42. The van der Waals surface area contributed by atoms with Gasteiger partial charge in [0.15, 0.2) is 0 Å². The van der Waals surface area contributed by atoms with Crippen LogP contribution < -0.4 is 10.5 Å². The van der Waals surface area contributed by atoms with E-state index in [9.17, 15) is 0 Å². The summed E-state index contributed by atoms with van der Waals surface area (Å²) in [5, 5.41) is 0. The minimum absolute atomic E-state index is 0.430. The molecule has 0 saturated carbocycles. The Labute approximate surface area is 114 Å². The third kappa shape index (κ3) is 2.93. The Morgan fingerprint density at radius 3 is 2.42 bits per heavy atom. The average molecular weight is 256 g/mol. The summed E-state index contributed by atoms with van der Waals surface area (Å²) in [5.41, 5.74) is 11.1. The van der Waals surface area contributed by atoms with Crippen LogP contribution in [0, 0.1) is 27.7 Å². The van der Waals surface area contributed by atoms with Gasteiger partial charge in [-0.3, -0.25) is 0 Å². The number of pyridine rings is 1. The van der Waals surface area contributed by atoms with E-state index in [1.54, 1.807) is 0 Å². The molecular weight excluding hydrogens is 236 g/mol. The normalized spacial score (nSPS) is 10.6. The molecule has 0 atom stereocenters. The Morgan fingerprint density at radius 2 is 1.79 bits per heavy atom. The summed E-state index contributed by atoms with van der Waals surface area (Å²) >= 11 is 0. The van der Waals surface area contributed by atoms with Crippen molar-refractivity contribution >= 4 is 0 Å². The maximum absolute atomic E-state index is 5.96. The Hall–Kier alpha value is -1.87. The third-order valence-corrected chi connectivity index (χ3v) is 3.18. The topological polar surface area (TPSA) is 48.1 Å². The van der Waals surface area contributed by atoms with Crippen molar-refractivity contribution in [1.29, 1.82) is 0 Å². The van der Waals surface area contributed by atoms with E-state index in [1.807, 2.05) is 39.0 Å². The van der Waals surface area contributed by atoms with E-state index in [4.69, 9.17) is 10.5 Å². The number of ether oxygens (including phenoxy) is 1. The largest absolute Gasteiger partial charge is 0.438 e. The standard InChI is InChI=1S/C16H20N2O/c1-10-5-6-15(12(3)7-10)19-16-14(9-17)11(2)8-13(4)18-16/h5-8H,9,17H2,1-4H3. The molecule has 1 heterocycles. The molecule has 0 radical (unpaired) electrons. The van der Waals surface area contributed by atoms with Crippen LogP contribution in [-0.4, -0.2) is 4.98 Å². The fourth-order valence-corrected chi connectivity index (χ4v) is 2.18. The fraction of sp³-hybridized carbons (Fsp3) is 0.312. The van der Waals surface area contributed by atoms with Crippen LogP contribution in [0.25, 0.3) is 0 Å². The summed E-state index contributed by atoms with van der Waals surface area (Å²) in [6, 6.07) is 8.13. The number of aryl methyl sites for hydroxylation is 4. The summed E-state index contributed by atoms with van der Waals surface area (Å²) in [7, 11) is 0. The van der Waals surface area contributed by atoms with Crippen LogP contribution in [0.15, 0.2) is 24.3 Å². The van der Waals surface area contributed by atoms with Gasteiger partial charge in [-0.1, -0.05) is 17.7 Å². The summed E-state index contributed by atoms with van der Waals surface area (Å²) in [4.78, 5) is 4.46. The van der Waals surface area contributed by atoms with Crippen molar-refractivity contribution < 1.29 is 4.74 Å². The molecule has 0 fully saturated rings. The molecule has 0 amide bonds. The van der Waals surface area contributed by atoms with Gasteiger partial charge in [0.05, 0.1) is 0 Å². The average Bonchev–Trinajstić information content (AvgIpc) is 2.32. The second-order valence-electron chi connectivity index (χ2n) is 4.94. The summed E-state index contributed by atoms with van der Waals surface area (Å²) < 4.78 is 5.96. The van der Waals surface area contributed by atoms with Crippen LogP contribution in [0.3, 0.4) is 0 Å². The van der Waals surface area contributed by atoms with Gasteiger partial charge in [-0.25, -0.2) is 4.98 Å². The van der Waals surface area contributed by atoms with Crippen molar-refractivity contribution in [3.8, 4) is 11.6 Å². The molecule has 0 aliphatic carbocycles. The van der Waals surface area contributed by atoms with Gasteiger partial charge in [-0.15, -0.1) is 0 Å². The molecule has 0 saturated heterocycles. The number of nitrogens with two attached hydrogens (primary N) is 1. The highest BCUT2D eigenvalue weighted by atomic mass is 16.5. The SMILES string of the molecule is Cc1ccc(Oc2nc(C)cc(C)c2CN)c(C)c1. The van der Waals surface area contributed by atoms with Crippen LogP contribution in [0.1, 0.15) is 27.9 Å². The van der Waals surface area contributed by atoms with E-state index in [1.165, 1.54) is 5.56 Å². The molecule has 100 valence electrons. The number of nitrogens with zero attached hydrogens (tertiary/aromatic N) is 1. The fourth-order valence-electron chi connectivity index (χ4n) is 2.18. The summed E-state index contributed by atoms with van der Waals surface area (Å²) in [5.74, 6) is 1.45. The zero-order chi connectivity index (χ0) is 14.0. The smallest absolute Gasteiger partial charge is 0.224 e. The van der Waals surface area contributed by atoms with Crippen LogP contribution in [0.5, 0.6) is 11.6 Å². The first-order valence-corrected chi connectivity index (χ1v) is 6.43. The molecule has 2 aromatic rings. The van der Waals surface area contributed by atoms with Gasteiger partial charge in [0.1, 0.15) is 5.75 Å². The molecule has 0 aliphatic rings. The quantitative estimate of drug-likeness (QED) is 0.913.